The molecule has 0 bridgehead atoms. The van der Waals surface area contributed by atoms with Crippen LogP contribution < -0.4 is 5.32 Å². The van der Waals surface area contributed by atoms with Gasteiger partial charge in [0, 0.05) is 17.6 Å². The van der Waals surface area contributed by atoms with Gasteiger partial charge < -0.3 is 10.4 Å². The molecule has 0 radical (unpaired) electrons. The highest BCUT2D eigenvalue weighted by Gasteiger charge is 2.32. The Morgan fingerprint density at radius 1 is 1.35 bits per heavy atom. The molecule has 0 saturated heterocycles. The van der Waals surface area contributed by atoms with Crippen molar-refractivity contribution in [2.75, 3.05) is 6.54 Å². The van der Waals surface area contributed by atoms with Gasteiger partial charge in [0.1, 0.15) is 0 Å². The summed E-state index contributed by atoms with van der Waals surface area (Å²) in [6.45, 7) is 0.972. The molecule has 1 aromatic heterocycles. The summed E-state index contributed by atoms with van der Waals surface area (Å²) in [5.41, 5.74) is 0.762. The number of nitrogens with one attached hydrogen (secondary N) is 1. The van der Waals surface area contributed by atoms with Crippen molar-refractivity contribution in [2.45, 2.75) is 19.1 Å². The Morgan fingerprint density at radius 3 is 2.75 bits per heavy atom. The van der Waals surface area contributed by atoms with E-state index in [2.05, 4.69) is 5.32 Å². The molecule has 1 aliphatic heterocycles. The van der Waals surface area contributed by atoms with Crippen molar-refractivity contribution in [3.63, 3.8) is 0 Å². The van der Waals surface area contributed by atoms with Gasteiger partial charge >= 0.3 is 12.3 Å². The summed E-state index contributed by atoms with van der Waals surface area (Å²) >= 11 is 0. The van der Waals surface area contributed by atoms with Gasteiger partial charge in [0.2, 0.25) is 0 Å². The number of benzene rings is 1. The molecule has 4 nitrogen and oxygen atoms in total. The van der Waals surface area contributed by atoms with Gasteiger partial charge in [-0.2, -0.15) is 13.2 Å². The van der Waals surface area contributed by atoms with E-state index in [0.29, 0.717) is 41.7 Å². The van der Waals surface area contributed by atoms with E-state index >= 15 is 0 Å². The average molecular weight is 284 g/mol. The molecule has 2 heterocycles. The largest absolute Gasteiger partial charge is 0.464 e. The third-order valence-corrected chi connectivity index (χ3v) is 3.54. The fourth-order valence-electron chi connectivity index (χ4n) is 2.69. The maximum atomic E-state index is 12.8. The van der Waals surface area contributed by atoms with Gasteiger partial charge in [-0.25, -0.2) is 9.36 Å². The summed E-state index contributed by atoms with van der Waals surface area (Å²) in [5, 5.41) is 12.7. The maximum Gasteiger partial charge on any atom is 0.416 e. The highest BCUT2D eigenvalue weighted by atomic mass is 19.4. The predicted molar refractivity (Wildman–Crippen MR) is 65.8 cm³/mol. The Kier molecular flexibility index (Phi) is 2.75. The third kappa shape index (κ3) is 1.85. The van der Waals surface area contributed by atoms with E-state index in [-0.39, 0.29) is 0 Å². The van der Waals surface area contributed by atoms with Crippen LogP contribution in [0.1, 0.15) is 16.8 Å². The van der Waals surface area contributed by atoms with Crippen molar-refractivity contribution in [2.24, 2.45) is 0 Å². The highest BCUT2D eigenvalue weighted by molar-refractivity contribution is 5.93. The molecule has 1 aliphatic rings. The molecule has 106 valence electrons. The second-order valence-corrected chi connectivity index (χ2v) is 4.70. The lowest BCUT2D eigenvalue weighted by atomic mass is 10.0. The van der Waals surface area contributed by atoms with Gasteiger partial charge in [-0.05, 0) is 36.7 Å². The fourth-order valence-corrected chi connectivity index (χ4v) is 2.69. The molecule has 1 aromatic carbocycles. The van der Waals surface area contributed by atoms with Gasteiger partial charge in [-0.15, -0.1) is 0 Å². The zero-order valence-electron chi connectivity index (χ0n) is 10.3. The van der Waals surface area contributed by atoms with Crippen LogP contribution in [0.4, 0.5) is 18.0 Å². The second kappa shape index (κ2) is 4.24. The standard InChI is InChI=1S/C13H11F3N2O2/c14-13(15,16)7-1-2-10-9(5-7)8-3-4-17-6-11(8)18(10)12(19)20/h1-2,5,17H,3-4,6H2,(H,19,20). The number of hydrogen-bond acceptors (Lipinski definition) is 2. The van der Waals surface area contributed by atoms with E-state index in [0.717, 1.165) is 16.7 Å². The predicted octanol–water partition coefficient (Wildman–Crippen LogP) is 2.83. The van der Waals surface area contributed by atoms with Gasteiger partial charge in [-0.1, -0.05) is 0 Å². The van der Waals surface area contributed by atoms with E-state index in [1.54, 1.807) is 0 Å². The molecular formula is C13H11F3N2O2. The molecule has 20 heavy (non-hydrogen) atoms. The van der Waals surface area contributed by atoms with E-state index in [4.69, 9.17) is 0 Å². The zero-order valence-corrected chi connectivity index (χ0v) is 10.3. The first-order valence-electron chi connectivity index (χ1n) is 6.07. The van der Waals surface area contributed by atoms with Gasteiger partial charge in [0.25, 0.3) is 0 Å². The van der Waals surface area contributed by atoms with Crippen molar-refractivity contribution >= 4 is 17.0 Å². The Morgan fingerprint density at radius 2 is 2.10 bits per heavy atom. The number of fused-ring (bicyclic) bond motifs is 3. The Labute approximate surface area is 111 Å². The number of aromatic nitrogens is 1. The van der Waals surface area contributed by atoms with Crippen LogP contribution in [-0.2, 0) is 19.1 Å². The zero-order chi connectivity index (χ0) is 14.5. The van der Waals surface area contributed by atoms with Crippen molar-refractivity contribution in [3.8, 4) is 0 Å². The van der Waals surface area contributed by atoms with Crippen LogP contribution in [0.2, 0.25) is 0 Å². The molecule has 0 unspecified atom stereocenters. The number of alkyl halides is 3. The smallest absolute Gasteiger partial charge is 0.416 e. The van der Waals surface area contributed by atoms with Crippen LogP contribution in [0, 0.1) is 0 Å². The fraction of sp³-hybridized carbons (Fsp3) is 0.308. The first kappa shape index (κ1) is 13.0. The van der Waals surface area contributed by atoms with Gasteiger partial charge in [0.05, 0.1) is 11.1 Å². The van der Waals surface area contributed by atoms with E-state index < -0.39 is 17.8 Å². The monoisotopic (exact) mass is 284 g/mol. The first-order valence-corrected chi connectivity index (χ1v) is 6.07. The molecule has 0 saturated carbocycles. The van der Waals surface area contributed by atoms with Crippen LogP contribution in [0.15, 0.2) is 18.2 Å². The Hall–Kier alpha value is -2.02. The number of hydrogen-bond donors (Lipinski definition) is 2. The SMILES string of the molecule is O=C(O)n1c2c(c3cc(C(F)(F)F)ccc31)CCNC2. The molecule has 0 fully saturated rings. The maximum absolute atomic E-state index is 12.8. The van der Waals surface area contributed by atoms with E-state index in [1.807, 2.05) is 0 Å². The molecule has 0 atom stereocenters. The first-order chi connectivity index (χ1) is 9.39. The molecule has 3 rings (SSSR count). The van der Waals surface area contributed by atoms with Gasteiger partial charge in [-0.3, -0.25) is 0 Å². The van der Waals surface area contributed by atoms with Crippen molar-refractivity contribution < 1.29 is 23.1 Å². The van der Waals surface area contributed by atoms with Crippen LogP contribution in [0.3, 0.4) is 0 Å². The summed E-state index contributed by atoms with van der Waals surface area (Å²) in [5.74, 6) is 0. The lowest BCUT2D eigenvalue weighted by Crippen LogP contribution is -2.26. The number of nitrogens with zero attached hydrogens (tertiary/aromatic N) is 1. The van der Waals surface area contributed by atoms with Crippen molar-refractivity contribution in [1.29, 1.82) is 0 Å². The molecule has 2 aromatic rings. The lowest BCUT2D eigenvalue weighted by Gasteiger charge is -2.14. The van der Waals surface area contributed by atoms with Gasteiger partial charge in [0.15, 0.2) is 0 Å². The van der Waals surface area contributed by atoms with Crippen molar-refractivity contribution in [1.82, 2.24) is 9.88 Å². The lowest BCUT2D eigenvalue weighted by molar-refractivity contribution is -0.137. The third-order valence-electron chi connectivity index (χ3n) is 3.54. The number of rotatable bonds is 0. The van der Waals surface area contributed by atoms with Crippen molar-refractivity contribution in [3.05, 3.63) is 35.0 Å². The molecule has 0 spiro atoms. The number of carboxylic acid groups (broad SMARTS) is 1. The summed E-state index contributed by atoms with van der Waals surface area (Å²) in [6, 6.07) is 3.18. The highest BCUT2D eigenvalue weighted by Crippen LogP contribution is 2.35. The topological polar surface area (TPSA) is 54.3 Å². The minimum absolute atomic E-state index is 0.305. The Bertz CT molecular complexity index is 704. The molecule has 7 heteroatoms. The number of halogens is 3. The number of carbonyl (C=O) groups is 1. The quantitative estimate of drug-likeness (QED) is 0.782. The summed E-state index contributed by atoms with van der Waals surface area (Å²) in [7, 11) is 0. The van der Waals surface area contributed by atoms with Crippen LogP contribution in [-0.4, -0.2) is 22.3 Å². The second-order valence-electron chi connectivity index (χ2n) is 4.70. The summed E-state index contributed by atoms with van der Waals surface area (Å²) in [6.07, 6.45) is -5.09. The van der Waals surface area contributed by atoms with Crippen LogP contribution in [0.5, 0.6) is 0 Å². The van der Waals surface area contributed by atoms with E-state index in [1.165, 1.54) is 6.07 Å². The van der Waals surface area contributed by atoms with Crippen LogP contribution in [0.25, 0.3) is 10.9 Å². The molecule has 2 N–H and O–H groups in total. The molecule has 0 aliphatic carbocycles. The summed E-state index contributed by atoms with van der Waals surface area (Å²) in [4.78, 5) is 11.3. The van der Waals surface area contributed by atoms with E-state index in [9.17, 15) is 23.1 Å². The minimum atomic E-state index is -4.43. The molecule has 0 amide bonds. The van der Waals surface area contributed by atoms with Crippen LogP contribution >= 0.6 is 0 Å². The molecular weight excluding hydrogens is 273 g/mol. The Balaban J connectivity index is 2.33. The summed E-state index contributed by atoms with van der Waals surface area (Å²) < 4.78 is 39.4. The minimum Gasteiger partial charge on any atom is -0.464 e. The normalized spacial score (nSPS) is 15.3. The average Bonchev–Trinajstić information content (AvgIpc) is 2.71.